The molecule has 1 aromatic carbocycles. The van der Waals surface area contributed by atoms with E-state index in [0.29, 0.717) is 0 Å². The first-order valence-electron chi connectivity index (χ1n) is 16.1. The van der Waals surface area contributed by atoms with Gasteiger partial charge in [0.05, 0.1) is 12.9 Å². The SMILES string of the molecule is CC(=O)Nc1nc2c(ncn2[C@@H]2O[C@H](CO[Si](C)(C)C(C)(C)C)[C@@H](OC(C)=O)[C@H]2O[Si](C)(C)C(C)(C)C)c(=O)n1C(=O)c1ccccc1. The number of hydrogen-bond acceptors (Lipinski definition) is 10. The Morgan fingerprint density at radius 3 is 2.08 bits per heavy atom. The highest BCUT2D eigenvalue weighted by atomic mass is 28.4. The van der Waals surface area contributed by atoms with E-state index < -0.39 is 64.5 Å². The predicted octanol–water partition coefficient (Wildman–Crippen LogP) is 5.48. The molecule has 0 aliphatic carbocycles. The number of amides is 1. The van der Waals surface area contributed by atoms with E-state index in [9.17, 15) is 19.2 Å². The molecule has 0 unspecified atom stereocenters. The summed E-state index contributed by atoms with van der Waals surface area (Å²) >= 11 is 0. The summed E-state index contributed by atoms with van der Waals surface area (Å²) in [7, 11) is -4.78. The molecule has 0 radical (unpaired) electrons. The molecular weight excluding hydrogens is 651 g/mol. The number of carbonyl (C=O) groups excluding carboxylic acids is 3. The van der Waals surface area contributed by atoms with Gasteiger partial charge >= 0.3 is 5.97 Å². The fraction of sp³-hybridized carbons (Fsp3) is 0.576. The van der Waals surface area contributed by atoms with Gasteiger partial charge in [-0.1, -0.05) is 59.7 Å². The van der Waals surface area contributed by atoms with Crippen LogP contribution >= 0.6 is 0 Å². The zero-order chi connectivity index (χ0) is 36.0. The molecule has 2 aromatic heterocycles. The van der Waals surface area contributed by atoms with Gasteiger partial charge in [0.2, 0.25) is 11.9 Å². The number of carbonyl (C=O) groups is 3. The first-order valence-corrected chi connectivity index (χ1v) is 21.9. The summed E-state index contributed by atoms with van der Waals surface area (Å²) < 4.78 is 28.4. The van der Waals surface area contributed by atoms with E-state index in [1.807, 2.05) is 0 Å². The Morgan fingerprint density at radius 1 is 0.938 bits per heavy atom. The molecule has 262 valence electrons. The molecule has 1 fully saturated rings. The normalized spacial score (nSPS) is 20.6. The molecule has 48 heavy (non-hydrogen) atoms. The first kappa shape index (κ1) is 37.3. The molecule has 1 aliphatic heterocycles. The highest BCUT2D eigenvalue weighted by Gasteiger charge is 2.54. The van der Waals surface area contributed by atoms with Crippen molar-refractivity contribution in [2.24, 2.45) is 0 Å². The van der Waals surface area contributed by atoms with Crippen molar-refractivity contribution >= 4 is 51.5 Å². The molecule has 1 amide bonds. The number of benzene rings is 1. The summed E-state index contributed by atoms with van der Waals surface area (Å²) in [5.41, 5.74) is -0.608. The second-order valence-corrected chi connectivity index (χ2v) is 24.9. The molecule has 0 saturated carbocycles. The lowest BCUT2D eigenvalue weighted by molar-refractivity contribution is -0.153. The van der Waals surface area contributed by atoms with Crippen molar-refractivity contribution < 1.29 is 32.7 Å². The van der Waals surface area contributed by atoms with Crippen molar-refractivity contribution in [1.29, 1.82) is 0 Å². The van der Waals surface area contributed by atoms with Gasteiger partial charge in [-0.2, -0.15) is 4.98 Å². The molecule has 0 bridgehead atoms. The molecule has 4 atom stereocenters. The Labute approximate surface area is 283 Å². The molecule has 3 aromatic rings. The Bertz CT molecular complexity index is 1740. The van der Waals surface area contributed by atoms with E-state index in [0.717, 1.165) is 4.57 Å². The van der Waals surface area contributed by atoms with Crippen LogP contribution in [-0.2, 0) is 27.9 Å². The number of nitrogens with one attached hydrogen (secondary N) is 1. The van der Waals surface area contributed by atoms with Crippen LogP contribution in [0.15, 0.2) is 41.5 Å². The molecule has 3 heterocycles. The van der Waals surface area contributed by atoms with E-state index in [1.54, 1.807) is 34.9 Å². The van der Waals surface area contributed by atoms with Gasteiger partial charge in [-0.05, 0) is 48.4 Å². The van der Waals surface area contributed by atoms with Crippen LogP contribution in [0.3, 0.4) is 0 Å². The van der Waals surface area contributed by atoms with Gasteiger partial charge in [0.1, 0.15) is 12.2 Å². The molecule has 1 aliphatic rings. The van der Waals surface area contributed by atoms with Crippen molar-refractivity contribution in [3.63, 3.8) is 0 Å². The molecular formula is C33H49N5O8Si2. The van der Waals surface area contributed by atoms with Crippen molar-refractivity contribution in [2.45, 2.75) is 116 Å². The number of ether oxygens (including phenoxy) is 2. The molecule has 1 N–H and O–H groups in total. The van der Waals surface area contributed by atoms with Crippen molar-refractivity contribution in [3.05, 3.63) is 52.6 Å². The van der Waals surface area contributed by atoms with Crippen LogP contribution < -0.4 is 10.9 Å². The summed E-state index contributed by atoms with van der Waals surface area (Å²) in [5, 5.41) is 2.23. The van der Waals surface area contributed by atoms with Gasteiger partial charge in [-0.25, -0.2) is 9.55 Å². The number of anilines is 1. The quantitative estimate of drug-likeness (QED) is 0.224. The van der Waals surface area contributed by atoms with E-state index in [2.05, 4.69) is 83.0 Å². The highest BCUT2D eigenvalue weighted by molar-refractivity contribution is 6.74. The Kier molecular flexibility index (Phi) is 10.4. The number of rotatable bonds is 9. The zero-order valence-electron chi connectivity index (χ0n) is 30.0. The molecule has 15 heteroatoms. The van der Waals surface area contributed by atoms with Gasteiger partial charge in [-0.15, -0.1) is 0 Å². The van der Waals surface area contributed by atoms with Gasteiger partial charge in [-0.3, -0.25) is 29.1 Å². The minimum Gasteiger partial charge on any atom is -0.457 e. The summed E-state index contributed by atoms with van der Waals surface area (Å²) in [6.07, 6.45) is -1.99. The lowest BCUT2D eigenvalue weighted by atomic mass is 10.1. The molecule has 0 spiro atoms. The van der Waals surface area contributed by atoms with Crippen LogP contribution in [-0.4, -0.2) is 78.4 Å². The Morgan fingerprint density at radius 2 is 1.54 bits per heavy atom. The van der Waals surface area contributed by atoms with Crippen LogP contribution in [0.1, 0.15) is 72.0 Å². The second kappa shape index (κ2) is 13.4. The van der Waals surface area contributed by atoms with Crippen LogP contribution in [0, 0.1) is 0 Å². The molecule has 13 nitrogen and oxygen atoms in total. The monoisotopic (exact) mass is 699 g/mol. The summed E-state index contributed by atoms with van der Waals surface area (Å²) in [6, 6.07) is 8.20. The number of aromatic nitrogens is 4. The number of imidazole rings is 1. The maximum atomic E-state index is 13.9. The zero-order valence-corrected chi connectivity index (χ0v) is 32.0. The van der Waals surface area contributed by atoms with Gasteiger partial charge in [0.15, 0.2) is 40.1 Å². The fourth-order valence-electron chi connectivity index (χ4n) is 4.84. The third-order valence-electron chi connectivity index (χ3n) is 9.62. The maximum absolute atomic E-state index is 13.9. The average molecular weight is 700 g/mol. The van der Waals surface area contributed by atoms with Crippen LogP contribution in [0.2, 0.25) is 36.3 Å². The minimum atomic E-state index is -2.53. The van der Waals surface area contributed by atoms with E-state index in [1.165, 1.54) is 20.2 Å². The van der Waals surface area contributed by atoms with E-state index in [-0.39, 0.29) is 39.4 Å². The average Bonchev–Trinajstić information content (AvgIpc) is 3.51. The van der Waals surface area contributed by atoms with Gasteiger partial charge < -0.3 is 18.3 Å². The third-order valence-corrected chi connectivity index (χ3v) is 18.6. The summed E-state index contributed by atoms with van der Waals surface area (Å²) in [4.78, 5) is 61.2. The van der Waals surface area contributed by atoms with Gasteiger partial charge in [0.25, 0.3) is 11.5 Å². The second-order valence-electron chi connectivity index (χ2n) is 15.3. The fourth-order valence-corrected chi connectivity index (χ4v) is 7.14. The first-order chi connectivity index (χ1) is 22.1. The number of hydrogen-bond donors (Lipinski definition) is 1. The lowest BCUT2D eigenvalue weighted by Gasteiger charge is -2.40. The van der Waals surface area contributed by atoms with Crippen molar-refractivity contribution in [2.75, 3.05) is 11.9 Å². The summed E-state index contributed by atoms with van der Waals surface area (Å²) in [6.45, 7) is 23.9. The number of esters is 1. The highest BCUT2D eigenvalue weighted by Crippen LogP contribution is 2.44. The third kappa shape index (κ3) is 7.54. The Balaban J connectivity index is 1.89. The standard InChI is InChI=1S/C33H49N5O8Si2/c1-20(39)35-31-36-27-24(29(42)38(31)28(41)22-16-14-13-15-17-22)34-19-37(27)30-26(46-48(11,12)33(6,7)8)25(44-21(2)40)23(45-30)18-43-47(9,10)32(3,4)5/h13-17,19,23,25-26,30H,18H2,1-12H3,(H,35,36,39)/t23-,25-,26-,30-/m1/s1. The summed E-state index contributed by atoms with van der Waals surface area (Å²) in [5.74, 6) is -1.99. The van der Waals surface area contributed by atoms with E-state index in [4.69, 9.17) is 18.3 Å². The van der Waals surface area contributed by atoms with Crippen molar-refractivity contribution in [3.8, 4) is 0 Å². The van der Waals surface area contributed by atoms with Crippen LogP contribution in [0.25, 0.3) is 11.2 Å². The molecule has 4 rings (SSSR count). The topological polar surface area (TPSA) is 153 Å². The number of fused-ring (bicyclic) bond motifs is 1. The van der Waals surface area contributed by atoms with Crippen LogP contribution in [0.5, 0.6) is 0 Å². The minimum absolute atomic E-state index is 0.0576. The van der Waals surface area contributed by atoms with Crippen molar-refractivity contribution in [1.82, 2.24) is 19.1 Å². The van der Waals surface area contributed by atoms with Gasteiger partial charge in [0, 0.05) is 19.4 Å². The largest absolute Gasteiger partial charge is 0.457 e. The van der Waals surface area contributed by atoms with Crippen LogP contribution in [0.4, 0.5) is 5.95 Å². The number of nitrogens with zero attached hydrogens (tertiary/aromatic N) is 4. The molecule has 1 saturated heterocycles. The Hall–Kier alpha value is -3.51. The maximum Gasteiger partial charge on any atom is 0.303 e. The smallest absolute Gasteiger partial charge is 0.303 e. The van der Waals surface area contributed by atoms with E-state index >= 15 is 0 Å². The predicted molar refractivity (Wildman–Crippen MR) is 187 cm³/mol. The lowest BCUT2D eigenvalue weighted by Crippen LogP contribution is -2.50.